The van der Waals surface area contributed by atoms with Crippen molar-refractivity contribution in [3.8, 4) is 16.9 Å². The summed E-state index contributed by atoms with van der Waals surface area (Å²) in [4.78, 5) is 4.15. The Labute approximate surface area is 130 Å². The topological polar surface area (TPSA) is 49.6 Å². The lowest BCUT2D eigenvalue weighted by Gasteiger charge is -2.12. The van der Waals surface area contributed by atoms with Gasteiger partial charge in [0, 0.05) is 36.3 Å². The largest absolute Gasteiger partial charge is 0.507 e. The molecule has 2 N–H and O–H groups in total. The maximum atomic E-state index is 12.3. The van der Waals surface area contributed by atoms with Crippen LogP contribution in [0.1, 0.15) is 6.42 Å². The summed E-state index contributed by atoms with van der Waals surface area (Å²) in [6, 6.07) is 8.48. The van der Waals surface area contributed by atoms with E-state index in [0.717, 1.165) is 0 Å². The van der Waals surface area contributed by atoms with E-state index >= 15 is 0 Å². The van der Waals surface area contributed by atoms with Gasteiger partial charge in [-0.15, -0.1) is 0 Å². The van der Waals surface area contributed by atoms with E-state index in [0.29, 0.717) is 22.5 Å². The summed E-state index contributed by atoms with van der Waals surface area (Å²) in [5.74, 6) is 0.105. The smallest absolute Gasteiger partial charge is 0.390 e. The number of benzene rings is 1. The van der Waals surface area contributed by atoms with Gasteiger partial charge in [0.25, 0.3) is 0 Å². The van der Waals surface area contributed by atoms with Crippen molar-refractivity contribution < 1.29 is 18.3 Å². The highest BCUT2D eigenvalue weighted by atomic mass is 19.4. The molecule has 4 nitrogen and oxygen atoms in total. The highest BCUT2D eigenvalue weighted by Crippen LogP contribution is 2.32. The maximum absolute atomic E-state index is 12.3. The third kappa shape index (κ3) is 3.39. The van der Waals surface area contributed by atoms with Crippen molar-refractivity contribution in [3.63, 3.8) is 0 Å². The van der Waals surface area contributed by atoms with Crippen LogP contribution >= 0.6 is 0 Å². The van der Waals surface area contributed by atoms with Crippen LogP contribution in [-0.2, 0) is 0 Å². The lowest BCUT2D eigenvalue weighted by atomic mass is 10.1. The molecule has 0 spiro atoms. The molecule has 0 saturated heterocycles. The fraction of sp³-hybridized carbons (Fsp3) is 0.188. The van der Waals surface area contributed by atoms with Crippen LogP contribution in [0.25, 0.3) is 16.8 Å². The molecule has 0 aliphatic rings. The molecule has 0 atom stereocenters. The van der Waals surface area contributed by atoms with E-state index in [1.165, 1.54) is 0 Å². The first kappa shape index (κ1) is 15.2. The van der Waals surface area contributed by atoms with Gasteiger partial charge in [-0.3, -0.25) is 0 Å². The number of nitrogens with one attached hydrogen (secondary N) is 1. The fourth-order valence-corrected chi connectivity index (χ4v) is 2.37. The molecule has 0 bridgehead atoms. The number of halogens is 3. The van der Waals surface area contributed by atoms with Gasteiger partial charge in [-0.1, -0.05) is 18.2 Å². The fourth-order valence-electron chi connectivity index (χ4n) is 2.37. The van der Waals surface area contributed by atoms with Gasteiger partial charge in [-0.05, 0) is 12.1 Å². The first-order valence-corrected chi connectivity index (χ1v) is 7.00. The minimum Gasteiger partial charge on any atom is -0.507 e. The van der Waals surface area contributed by atoms with Crippen molar-refractivity contribution in [2.75, 3.05) is 11.9 Å². The number of phenolic OH excluding ortho intramolecular Hbond substituents is 1. The summed E-state index contributed by atoms with van der Waals surface area (Å²) in [5, 5.41) is 12.7. The molecule has 3 rings (SSSR count). The molecule has 0 radical (unpaired) electrons. The van der Waals surface area contributed by atoms with Crippen LogP contribution < -0.4 is 5.32 Å². The minimum atomic E-state index is -4.21. The van der Waals surface area contributed by atoms with E-state index in [1.54, 1.807) is 53.3 Å². The van der Waals surface area contributed by atoms with E-state index < -0.39 is 12.6 Å². The Kier molecular flexibility index (Phi) is 3.85. The lowest BCUT2D eigenvalue weighted by molar-refractivity contribution is -0.131. The maximum Gasteiger partial charge on any atom is 0.390 e. The molecule has 23 heavy (non-hydrogen) atoms. The predicted molar refractivity (Wildman–Crippen MR) is 81.5 cm³/mol. The Balaban J connectivity index is 1.97. The summed E-state index contributed by atoms with van der Waals surface area (Å²) >= 11 is 0. The van der Waals surface area contributed by atoms with Gasteiger partial charge in [0.1, 0.15) is 5.75 Å². The first-order valence-electron chi connectivity index (χ1n) is 7.00. The third-order valence-corrected chi connectivity index (χ3v) is 3.43. The van der Waals surface area contributed by atoms with Crippen molar-refractivity contribution in [3.05, 3.63) is 48.9 Å². The molecule has 1 aromatic carbocycles. The van der Waals surface area contributed by atoms with Crippen molar-refractivity contribution in [2.24, 2.45) is 0 Å². The van der Waals surface area contributed by atoms with Gasteiger partial charge in [0.2, 0.25) is 0 Å². The number of fused-ring (bicyclic) bond motifs is 1. The molecular formula is C16H14F3N3O. The molecule has 0 saturated carbocycles. The molecule has 0 aliphatic heterocycles. The molecule has 0 amide bonds. The number of alkyl halides is 3. The number of hydrogen-bond acceptors (Lipinski definition) is 3. The van der Waals surface area contributed by atoms with Gasteiger partial charge < -0.3 is 14.8 Å². The van der Waals surface area contributed by atoms with Crippen LogP contribution in [0, 0.1) is 0 Å². The number of rotatable bonds is 4. The molecule has 2 heterocycles. The van der Waals surface area contributed by atoms with Gasteiger partial charge in [0.15, 0.2) is 5.65 Å². The summed E-state index contributed by atoms with van der Waals surface area (Å²) < 4.78 is 38.7. The van der Waals surface area contributed by atoms with E-state index in [9.17, 15) is 18.3 Å². The van der Waals surface area contributed by atoms with Gasteiger partial charge in [-0.25, -0.2) is 4.98 Å². The Morgan fingerprint density at radius 3 is 2.74 bits per heavy atom. The van der Waals surface area contributed by atoms with E-state index in [2.05, 4.69) is 10.3 Å². The molecule has 7 heteroatoms. The molecule has 0 fully saturated rings. The average molecular weight is 321 g/mol. The Morgan fingerprint density at radius 2 is 2.00 bits per heavy atom. The van der Waals surface area contributed by atoms with Crippen LogP contribution in [0.2, 0.25) is 0 Å². The second-order valence-electron chi connectivity index (χ2n) is 5.11. The van der Waals surface area contributed by atoms with Crippen LogP contribution in [0.3, 0.4) is 0 Å². The third-order valence-electron chi connectivity index (χ3n) is 3.43. The highest BCUT2D eigenvalue weighted by molar-refractivity contribution is 5.78. The zero-order valence-electron chi connectivity index (χ0n) is 12.0. The standard InChI is InChI=1S/C16H14F3N3O/c17-16(18,19)5-6-20-13-9-11(10-22-8-7-21-15(13)22)12-3-1-2-4-14(12)23/h1-4,7-10,20,23H,5-6H2. The summed E-state index contributed by atoms with van der Waals surface area (Å²) in [5.41, 5.74) is 2.30. The van der Waals surface area contributed by atoms with Crippen LogP contribution in [0.4, 0.5) is 18.9 Å². The SMILES string of the molecule is Oc1ccccc1-c1cc(NCCC(F)(F)F)c2nccn2c1. The van der Waals surface area contributed by atoms with Crippen LogP contribution in [-0.4, -0.2) is 27.2 Å². The number of para-hydroxylation sites is 1. The molecule has 2 aromatic heterocycles. The molecular weight excluding hydrogens is 307 g/mol. The number of phenols is 1. The van der Waals surface area contributed by atoms with E-state index in [-0.39, 0.29) is 12.3 Å². The van der Waals surface area contributed by atoms with Crippen LogP contribution in [0.5, 0.6) is 5.75 Å². The number of imidazole rings is 1. The minimum absolute atomic E-state index is 0.105. The van der Waals surface area contributed by atoms with Crippen LogP contribution in [0.15, 0.2) is 48.9 Å². The quantitative estimate of drug-likeness (QED) is 0.761. The van der Waals surface area contributed by atoms with Gasteiger partial charge >= 0.3 is 6.18 Å². The Bertz CT molecular complexity index is 827. The Morgan fingerprint density at radius 1 is 1.22 bits per heavy atom. The molecule has 0 unspecified atom stereocenters. The lowest BCUT2D eigenvalue weighted by Crippen LogP contribution is -2.15. The van der Waals surface area contributed by atoms with E-state index in [1.807, 2.05) is 0 Å². The Hall–Kier alpha value is -2.70. The normalized spacial score (nSPS) is 11.8. The number of aromatic nitrogens is 2. The van der Waals surface area contributed by atoms with Crippen molar-refractivity contribution >= 4 is 11.3 Å². The number of nitrogens with zero attached hydrogens (tertiary/aromatic N) is 2. The predicted octanol–water partition coefficient (Wildman–Crippen LogP) is 4.07. The summed E-state index contributed by atoms with van der Waals surface area (Å²) in [7, 11) is 0. The first-order chi connectivity index (χ1) is 10.9. The number of aromatic hydroxyl groups is 1. The van der Waals surface area contributed by atoms with Crippen molar-refractivity contribution in [1.82, 2.24) is 9.38 Å². The van der Waals surface area contributed by atoms with Crippen molar-refractivity contribution in [2.45, 2.75) is 12.6 Å². The second kappa shape index (κ2) is 5.83. The molecule has 0 aliphatic carbocycles. The summed E-state index contributed by atoms with van der Waals surface area (Å²) in [6.07, 6.45) is -0.103. The monoisotopic (exact) mass is 321 g/mol. The zero-order chi connectivity index (χ0) is 16.4. The second-order valence-corrected chi connectivity index (χ2v) is 5.11. The number of hydrogen-bond donors (Lipinski definition) is 2. The van der Waals surface area contributed by atoms with Gasteiger partial charge in [-0.2, -0.15) is 13.2 Å². The van der Waals surface area contributed by atoms with E-state index in [4.69, 9.17) is 0 Å². The summed E-state index contributed by atoms with van der Waals surface area (Å²) in [6.45, 7) is -0.240. The average Bonchev–Trinajstić information content (AvgIpc) is 2.95. The number of pyridine rings is 1. The molecule has 3 aromatic rings. The highest BCUT2D eigenvalue weighted by Gasteiger charge is 2.26. The van der Waals surface area contributed by atoms with Crippen molar-refractivity contribution in [1.29, 1.82) is 0 Å². The number of anilines is 1. The zero-order valence-corrected chi connectivity index (χ0v) is 12.0. The molecule has 120 valence electrons. The van der Waals surface area contributed by atoms with Gasteiger partial charge in [0.05, 0.1) is 12.1 Å².